The quantitative estimate of drug-likeness (QED) is 0.830. The molecule has 1 aromatic carbocycles. The van der Waals surface area contributed by atoms with Crippen LogP contribution in [-0.4, -0.2) is 23.9 Å². The lowest BCUT2D eigenvalue weighted by atomic mass is 9.97. The zero-order chi connectivity index (χ0) is 12.0. The molecule has 1 unspecified atom stereocenters. The van der Waals surface area contributed by atoms with E-state index in [9.17, 15) is 5.11 Å². The summed E-state index contributed by atoms with van der Waals surface area (Å²) in [6.07, 6.45) is 0.859. The fourth-order valence-corrected chi connectivity index (χ4v) is 1.60. The Morgan fingerprint density at radius 1 is 1.19 bits per heavy atom. The molecule has 1 rings (SSSR count). The lowest BCUT2D eigenvalue weighted by Gasteiger charge is -2.21. The third kappa shape index (κ3) is 4.77. The number of aliphatic hydroxyl groups excluding tert-OH is 1. The molecule has 0 amide bonds. The number of hydrogen-bond donors (Lipinski definition) is 1. The second-order valence-corrected chi connectivity index (χ2v) is 5.04. The highest BCUT2D eigenvalue weighted by molar-refractivity contribution is 5.19. The monoisotopic (exact) mass is 222 g/mol. The Bertz CT molecular complexity index is 287. The standard InChI is InChI=1S/C14H22O2/c1-14(2,3)16-10-9-13(11-15)12-7-5-4-6-8-12/h4-8,13,15H,9-11H2,1-3H3. The van der Waals surface area contributed by atoms with E-state index in [0.717, 1.165) is 6.42 Å². The fraction of sp³-hybridized carbons (Fsp3) is 0.571. The van der Waals surface area contributed by atoms with Crippen molar-refractivity contribution in [2.45, 2.75) is 38.7 Å². The second-order valence-electron chi connectivity index (χ2n) is 5.04. The van der Waals surface area contributed by atoms with Crippen LogP contribution in [-0.2, 0) is 4.74 Å². The summed E-state index contributed by atoms with van der Waals surface area (Å²) < 4.78 is 5.67. The Morgan fingerprint density at radius 2 is 1.81 bits per heavy atom. The summed E-state index contributed by atoms with van der Waals surface area (Å²) in [7, 11) is 0. The molecule has 16 heavy (non-hydrogen) atoms. The maximum Gasteiger partial charge on any atom is 0.0598 e. The summed E-state index contributed by atoms with van der Waals surface area (Å²) in [6.45, 7) is 7.00. The van der Waals surface area contributed by atoms with Gasteiger partial charge in [-0.2, -0.15) is 0 Å². The van der Waals surface area contributed by atoms with Crippen molar-refractivity contribution >= 4 is 0 Å². The van der Waals surface area contributed by atoms with Gasteiger partial charge in [0.1, 0.15) is 0 Å². The molecule has 0 saturated heterocycles. The predicted octanol–water partition coefficient (Wildman–Crippen LogP) is 2.97. The summed E-state index contributed by atoms with van der Waals surface area (Å²) >= 11 is 0. The normalized spacial score (nSPS) is 13.8. The van der Waals surface area contributed by atoms with Gasteiger partial charge in [0.25, 0.3) is 0 Å². The van der Waals surface area contributed by atoms with Gasteiger partial charge in [0.05, 0.1) is 12.2 Å². The minimum absolute atomic E-state index is 0.101. The lowest BCUT2D eigenvalue weighted by molar-refractivity contribution is -0.00804. The average molecular weight is 222 g/mol. The van der Waals surface area contributed by atoms with Crippen molar-refractivity contribution in [3.8, 4) is 0 Å². The SMILES string of the molecule is CC(C)(C)OCCC(CO)c1ccccc1. The van der Waals surface area contributed by atoms with Crippen LogP contribution >= 0.6 is 0 Å². The van der Waals surface area contributed by atoms with Gasteiger partial charge in [0, 0.05) is 12.5 Å². The van der Waals surface area contributed by atoms with Crippen LogP contribution in [0.1, 0.15) is 38.7 Å². The first-order chi connectivity index (χ1) is 7.53. The molecule has 0 bridgehead atoms. The predicted molar refractivity (Wildman–Crippen MR) is 66.6 cm³/mol. The second kappa shape index (κ2) is 6.02. The molecule has 1 atom stereocenters. The van der Waals surface area contributed by atoms with Crippen LogP contribution in [0.25, 0.3) is 0 Å². The van der Waals surface area contributed by atoms with E-state index >= 15 is 0 Å². The molecular weight excluding hydrogens is 200 g/mol. The van der Waals surface area contributed by atoms with Crippen molar-refractivity contribution in [1.82, 2.24) is 0 Å². The van der Waals surface area contributed by atoms with Gasteiger partial charge in [-0.05, 0) is 32.8 Å². The lowest BCUT2D eigenvalue weighted by Crippen LogP contribution is -2.21. The van der Waals surface area contributed by atoms with Gasteiger partial charge >= 0.3 is 0 Å². The van der Waals surface area contributed by atoms with Gasteiger partial charge in [-0.3, -0.25) is 0 Å². The van der Waals surface area contributed by atoms with Gasteiger partial charge in [-0.1, -0.05) is 30.3 Å². The molecular formula is C14H22O2. The number of rotatable bonds is 5. The molecule has 0 aliphatic rings. The molecule has 0 aliphatic heterocycles. The zero-order valence-corrected chi connectivity index (χ0v) is 10.4. The van der Waals surface area contributed by atoms with Crippen LogP contribution in [0.4, 0.5) is 0 Å². The minimum Gasteiger partial charge on any atom is -0.396 e. The van der Waals surface area contributed by atoms with Crippen molar-refractivity contribution in [2.24, 2.45) is 0 Å². The molecule has 0 aliphatic carbocycles. The topological polar surface area (TPSA) is 29.5 Å². The Labute approximate surface area is 98.3 Å². The molecule has 0 fully saturated rings. The number of hydrogen-bond acceptors (Lipinski definition) is 2. The molecule has 0 heterocycles. The van der Waals surface area contributed by atoms with Gasteiger partial charge in [0.2, 0.25) is 0 Å². The highest BCUT2D eigenvalue weighted by Gasteiger charge is 2.13. The van der Waals surface area contributed by atoms with Gasteiger partial charge in [-0.15, -0.1) is 0 Å². The summed E-state index contributed by atoms with van der Waals surface area (Å²) in [6, 6.07) is 10.1. The summed E-state index contributed by atoms with van der Waals surface area (Å²) in [5.41, 5.74) is 1.08. The summed E-state index contributed by atoms with van der Waals surface area (Å²) in [5.74, 6) is 0.184. The van der Waals surface area contributed by atoms with Crippen molar-refractivity contribution in [3.05, 3.63) is 35.9 Å². The maximum absolute atomic E-state index is 9.35. The number of benzene rings is 1. The van der Waals surface area contributed by atoms with E-state index < -0.39 is 0 Å². The molecule has 2 nitrogen and oxygen atoms in total. The smallest absolute Gasteiger partial charge is 0.0598 e. The van der Waals surface area contributed by atoms with E-state index in [-0.39, 0.29) is 18.1 Å². The van der Waals surface area contributed by atoms with Crippen LogP contribution in [0, 0.1) is 0 Å². The van der Waals surface area contributed by atoms with Crippen molar-refractivity contribution in [3.63, 3.8) is 0 Å². The number of aliphatic hydroxyl groups is 1. The van der Waals surface area contributed by atoms with E-state index in [1.54, 1.807) is 0 Å². The van der Waals surface area contributed by atoms with E-state index in [1.165, 1.54) is 5.56 Å². The van der Waals surface area contributed by atoms with Crippen molar-refractivity contribution in [1.29, 1.82) is 0 Å². The van der Waals surface area contributed by atoms with Crippen molar-refractivity contribution in [2.75, 3.05) is 13.2 Å². The summed E-state index contributed by atoms with van der Waals surface area (Å²) in [5, 5.41) is 9.35. The minimum atomic E-state index is -0.101. The Morgan fingerprint density at radius 3 is 2.31 bits per heavy atom. The largest absolute Gasteiger partial charge is 0.396 e. The van der Waals surface area contributed by atoms with Crippen LogP contribution < -0.4 is 0 Å². The first kappa shape index (κ1) is 13.2. The Balaban J connectivity index is 2.45. The Hall–Kier alpha value is -0.860. The van der Waals surface area contributed by atoms with Crippen molar-refractivity contribution < 1.29 is 9.84 Å². The summed E-state index contributed by atoms with van der Waals surface area (Å²) in [4.78, 5) is 0. The van der Waals surface area contributed by atoms with E-state index in [0.29, 0.717) is 6.61 Å². The van der Waals surface area contributed by atoms with Crippen LogP contribution in [0.3, 0.4) is 0 Å². The van der Waals surface area contributed by atoms with Gasteiger partial charge in [-0.25, -0.2) is 0 Å². The molecule has 1 N–H and O–H groups in total. The number of ether oxygens (including phenoxy) is 1. The molecule has 0 spiro atoms. The maximum atomic E-state index is 9.35. The first-order valence-electron chi connectivity index (χ1n) is 5.82. The Kier molecular flexibility index (Phi) is 4.97. The molecule has 90 valence electrons. The van der Waals surface area contributed by atoms with Crippen LogP contribution in [0.2, 0.25) is 0 Å². The highest BCUT2D eigenvalue weighted by atomic mass is 16.5. The zero-order valence-electron chi connectivity index (χ0n) is 10.4. The van der Waals surface area contributed by atoms with Gasteiger partial charge < -0.3 is 9.84 Å². The molecule has 1 aromatic rings. The molecule has 2 heteroatoms. The molecule has 0 radical (unpaired) electrons. The highest BCUT2D eigenvalue weighted by Crippen LogP contribution is 2.20. The first-order valence-corrected chi connectivity index (χ1v) is 5.82. The van der Waals surface area contributed by atoms with E-state index in [2.05, 4.69) is 12.1 Å². The van der Waals surface area contributed by atoms with E-state index in [4.69, 9.17) is 4.74 Å². The van der Waals surface area contributed by atoms with Crippen LogP contribution in [0.5, 0.6) is 0 Å². The third-order valence-corrected chi connectivity index (χ3v) is 2.49. The van der Waals surface area contributed by atoms with E-state index in [1.807, 2.05) is 39.0 Å². The molecule has 0 aromatic heterocycles. The fourth-order valence-electron chi connectivity index (χ4n) is 1.60. The van der Waals surface area contributed by atoms with Crippen LogP contribution in [0.15, 0.2) is 30.3 Å². The molecule has 0 saturated carbocycles. The average Bonchev–Trinajstić information content (AvgIpc) is 2.24. The third-order valence-electron chi connectivity index (χ3n) is 2.49. The van der Waals surface area contributed by atoms with Gasteiger partial charge in [0.15, 0.2) is 0 Å².